The molecule has 0 aromatic heterocycles. The molecule has 120 valence electrons. The van der Waals surface area contributed by atoms with Crippen molar-refractivity contribution in [1.29, 1.82) is 0 Å². The first-order valence-electron chi connectivity index (χ1n) is 8.14. The fourth-order valence-electron chi connectivity index (χ4n) is 3.88. The molecule has 2 fully saturated rings. The van der Waals surface area contributed by atoms with Crippen molar-refractivity contribution in [2.24, 2.45) is 5.41 Å². The number of amides is 1. The van der Waals surface area contributed by atoms with Gasteiger partial charge in [-0.3, -0.25) is 0 Å². The van der Waals surface area contributed by atoms with Crippen molar-refractivity contribution in [1.82, 2.24) is 4.90 Å². The molecular formula is C18H25NO3. The third-order valence-electron chi connectivity index (χ3n) is 5.55. The molecule has 1 aromatic carbocycles. The predicted molar refractivity (Wildman–Crippen MR) is 84.9 cm³/mol. The highest BCUT2D eigenvalue weighted by molar-refractivity contribution is 5.66. The summed E-state index contributed by atoms with van der Waals surface area (Å²) in [4.78, 5) is 12.4. The lowest BCUT2D eigenvalue weighted by atomic mass is 9.63. The second kappa shape index (κ2) is 5.27. The Balaban J connectivity index is 1.70. The average Bonchev–Trinajstić information content (AvgIpc) is 2.46. The third-order valence-corrected chi connectivity index (χ3v) is 5.55. The van der Waals surface area contributed by atoms with Crippen molar-refractivity contribution in [2.75, 3.05) is 13.1 Å². The molecule has 1 amide bonds. The van der Waals surface area contributed by atoms with Crippen LogP contribution in [0.5, 0.6) is 0 Å². The molecule has 0 bridgehead atoms. The molecule has 4 nitrogen and oxygen atoms in total. The van der Waals surface area contributed by atoms with E-state index in [0.717, 1.165) is 31.2 Å². The molecule has 1 aliphatic heterocycles. The number of carboxylic acid groups (broad SMARTS) is 1. The molecule has 1 aliphatic carbocycles. The van der Waals surface area contributed by atoms with Gasteiger partial charge in [-0.1, -0.05) is 38.1 Å². The minimum Gasteiger partial charge on any atom is -0.465 e. The summed E-state index contributed by atoms with van der Waals surface area (Å²) < 4.78 is 0. The Labute approximate surface area is 131 Å². The molecule has 1 spiro atoms. The fourth-order valence-corrected chi connectivity index (χ4v) is 3.88. The summed E-state index contributed by atoms with van der Waals surface area (Å²) in [5, 5.41) is 20.0. The summed E-state index contributed by atoms with van der Waals surface area (Å²) in [6.45, 7) is 5.58. The molecule has 22 heavy (non-hydrogen) atoms. The molecule has 3 rings (SSSR count). The Morgan fingerprint density at radius 2 is 1.82 bits per heavy atom. The zero-order valence-electron chi connectivity index (χ0n) is 13.4. The van der Waals surface area contributed by atoms with Crippen molar-refractivity contribution in [3.05, 3.63) is 35.4 Å². The van der Waals surface area contributed by atoms with Crippen LogP contribution in [0.2, 0.25) is 0 Å². The zero-order valence-corrected chi connectivity index (χ0v) is 13.4. The summed E-state index contributed by atoms with van der Waals surface area (Å²) in [5.41, 5.74) is 1.63. The lowest BCUT2D eigenvalue weighted by Crippen LogP contribution is -2.60. The lowest BCUT2D eigenvalue weighted by Gasteiger charge is -2.54. The topological polar surface area (TPSA) is 60.8 Å². The van der Waals surface area contributed by atoms with E-state index in [1.165, 1.54) is 10.5 Å². The Morgan fingerprint density at radius 3 is 2.36 bits per heavy atom. The molecular weight excluding hydrogens is 278 g/mol. The monoisotopic (exact) mass is 303 g/mol. The SMILES string of the molecule is CC(C)c1cccc(C2(O)CCC3(CC2)CN(C(=O)O)C3)c1. The van der Waals surface area contributed by atoms with Gasteiger partial charge >= 0.3 is 6.09 Å². The van der Waals surface area contributed by atoms with Gasteiger partial charge in [-0.05, 0) is 42.7 Å². The van der Waals surface area contributed by atoms with Gasteiger partial charge in [0.2, 0.25) is 0 Å². The molecule has 1 saturated carbocycles. The summed E-state index contributed by atoms with van der Waals surface area (Å²) in [6, 6.07) is 8.29. The van der Waals surface area contributed by atoms with E-state index < -0.39 is 11.7 Å². The van der Waals surface area contributed by atoms with Crippen molar-refractivity contribution >= 4 is 6.09 Å². The first-order chi connectivity index (χ1) is 10.3. The Bertz CT molecular complexity index is 565. The highest BCUT2D eigenvalue weighted by atomic mass is 16.4. The number of nitrogens with zero attached hydrogens (tertiary/aromatic N) is 1. The van der Waals surface area contributed by atoms with Gasteiger partial charge in [0.15, 0.2) is 0 Å². The van der Waals surface area contributed by atoms with Gasteiger partial charge in [-0.25, -0.2) is 4.79 Å². The van der Waals surface area contributed by atoms with Gasteiger partial charge in [0.25, 0.3) is 0 Å². The molecule has 4 heteroatoms. The van der Waals surface area contributed by atoms with E-state index in [0.29, 0.717) is 19.0 Å². The van der Waals surface area contributed by atoms with Crippen LogP contribution in [0.1, 0.15) is 56.6 Å². The van der Waals surface area contributed by atoms with Gasteiger partial charge in [0.05, 0.1) is 5.60 Å². The molecule has 1 aromatic rings. The molecule has 2 N–H and O–H groups in total. The predicted octanol–water partition coefficient (Wildman–Crippen LogP) is 3.55. The quantitative estimate of drug-likeness (QED) is 0.878. The first kappa shape index (κ1) is 15.3. The highest BCUT2D eigenvalue weighted by Gasteiger charge is 2.50. The third kappa shape index (κ3) is 2.60. The van der Waals surface area contributed by atoms with Crippen molar-refractivity contribution in [3.8, 4) is 0 Å². The number of rotatable bonds is 2. The van der Waals surface area contributed by atoms with E-state index in [9.17, 15) is 9.90 Å². The van der Waals surface area contributed by atoms with Crippen LogP contribution in [0.4, 0.5) is 4.79 Å². The van der Waals surface area contributed by atoms with Crippen molar-refractivity contribution < 1.29 is 15.0 Å². The minimum atomic E-state index is -0.823. The van der Waals surface area contributed by atoms with E-state index >= 15 is 0 Å². The lowest BCUT2D eigenvalue weighted by molar-refractivity contribution is -0.0873. The van der Waals surface area contributed by atoms with Crippen LogP contribution in [-0.4, -0.2) is 34.3 Å². The number of hydrogen-bond donors (Lipinski definition) is 2. The Kier molecular flexibility index (Phi) is 3.68. The number of likely N-dealkylation sites (tertiary alicyclic amines) is 1. The van der Waals surface area contributed by atoms with Gasteiger partial charge in [-0.15, -0.1) is 0 Å². The number of aliphatic hydroxyl groups is 1. The van der Waals surface area contributed by atoms with Crippen LogP contribution >= 0.6 is 0 Å². The first-order valence-corrected chi connectivity index (χ1v) is 8.14. The summed E-state index contributed by atoms with van der Waals surface area (Å²) in [6.07, 6.45) is 2.43. The number of carbonyl (C=O) groups is 1. The fraction of sp³-hybridized carbons (Fsp3) is 0.611. The standard InChI is InChI=1S/C18H25NO3/c1-13(2)14-4-3-5-15(10-14)18(22)8-6-17(7-9-18)11-19(12-17)16(20)21/h3-5,10,13,22H,6-9,11-12H2,1-2H3,(H,20,21). The largest absolute Gasteiger partial charge is 0.465 e. The Hall–Kier alpha value is -1.55. The maximum Gasteiger partial charge on any atom is 0.407 e. The van der Waals surface area contributed by atoms with Gasteiger partial charge < -0.3 is 15.1 Å². The summed E-state index contributed by atoms with van der Waals surface area (Å²) >= 11 is 0. The second-order valence-electron chi connectivity index (χ2n) is 7.45. The van der Waals surface area contributed by atoms with E-state index in [1.54, 1.807) is 0 Å². The number of benzene rings is 1. The van der Waals surface area contributed by atoms with E-state index in [1.807, 2.05) is 12.1 Å². The van der Waals surface area contributed by atoms with Gasteiger partial charge in [0, 0.05) is 18.5 Å². The minimum absolute atomic E-state index is 0.111. The van der Waals surface area contributed by atoms with Crippen LogP contribution in [0.25, 0.3) is 0 Å². The van der Waals surface area contributed by atoms with Crippen molar-refractivity contribution in [2.45, 2.75) is 51.0 Å². The molecule has 1 heterocycles. The molecule has 0 atom stereocenters. The highest BCUT2D eigenvalue weighted by Crippen LogP contribution is 2.50. The number of hydrogen-bond acceptors (Lipinski definition) is 2. The van der Waals surface area contributed by atoms with E-state index in [-0.39, 0.29) is 5.41 Å². The van der Waals surface area contributed by atoms with Crippen LogP contribution in [0, 0.1) is 5.41 Å². The molecule has 0 radical (unpaired) electrons. The van der Waals surface area contributed by atoms with E-state index in [4.69, 9.17) is 5.11 Å². The zero-order chi connectivity index (χ0) is 16.0. The van der Waals surface area contributed by atoms with Crippen LogP contribution in [-0.2, 0) is 5.60 Å². The molecule has 1 saturated heterocycles. The van der Waals surface area contributed by atoms with Gasteiger partial charge in [-0.2, -0.15) is 0 Å². The normalized spacial score (nSPS) is 22.6. The van der Waals surface area contributed by atoms with Crippen molar-refractivity contribution in [3.63, 3.8) is 0 Å². The Morgan fingerprint density at radius 1 is 1.18 bits per heavy atom. The maximum atomic E-state index is 11.0. The molecule has 2 aliphatic rings. The molecule has 0 unspecified atom stereocenters. The van der Waals surface area contributed by atoms with Crippen LogP contribution in [0.15, 0.2) is 24.3 Å². The maximum absolute atomic E-state index is 11.0. The van der Waals surface area contributed by atoms with E-state index in [2.05, 4.69) is 26.0 Å². The smallest absolute Gasteiger partial charge is 0.407 e. The summed E-state index contributed by atoms with van der Waals surface area (Å²) in [5.74, 6) is 0.453. The van der Waals surface area contributed by atoms with Gasteiger partial charge in [0.1, 0.15) is 0 Å². The average molecular weight is 303 g/mol. The second-order valence-corrected chi connectivity index (χ2v) is 7.45. The van der Waals surface area contributed by atoms with Crippen LogP contribution < -0.4 is 0 Å². The summed E-state index contributed by atoms with van der Waals surface area (Å²) in [7, 11) is 0. The van der Waals surface area contributed by atoms with Crippen LogP contribution in [0.3, 0.4) is 0 Å².